The quantitative estimate of drug-likeness (QED) is 0.546. The standard InChI is InChI=1S/C6H10N2O/c1-4(2)5-3-6(9)8-7-5/h4H,3H2,1-2H3,(H,8,9). The van der Waals surface area contributed by atoms with E-state index in [2.05, 4.69) is 10.5 Å². The normalized spacial score (nSPS) is 18.1. The van der Waals surface area contributed by atoms with E-state index in [1.807, 2.05) is 13.8 Å². The Morgan fingerprint density at radius 3 is 2.56 bits per heavy atom. The van der Waals surface area contributed by atoms with E-state index in [0.717, 1.165) is 5.71 Å². The summed E-state index contributed by atoms with van der Waals surface area (Å²) in [6.45, 7) is 4.05. The molecule has 0 atom stereocenters. The first kappa shape index (κ1) is 6.26. The van der Waals surface area contributed by atoms with Crippen LogP contribution >= 0.6 is 0 Å². The minimum Gasteiger partial charge on any atom is -0.273 e. The Labute approximate surface area is 54.1 Å². The van der Waals surface area contributed by atoms with Crippen LogP contribution in [0.4, 0.5) is 0 Å². The molecule has 0 radical (unpaired) electrons. The summed E-state index contributed by atoms with van der Waals surface area (Å²) in [5, 5.41) is 3.83. The van der Waals surface area contributed by atoms with Crippen molar-refractivity contribution < 1.29 is 4.79 Å². The summed E-state index contributed by atoms with van der Waals surface area (Å²) >= 11 is 0. The minimum atomic E-state index is 0.0127. The van der Waals surface area contributed by atoms with Gasteiger partial charge in [0.15, 0.2) is 0 Å². The van der Waals surface area contributed by atoms with Crippen LogP contribution in [0.25, 0.3) is 0 Å². The largest absolute Gasteiger partial charge is 0.273 e. The molecule has 9 heavy (non-hydrogen) atoms. The van der Waals surface area contributed by atoms with Crippen molar-refractivity contribution in [2.75, 3.05) is 0 Å². The summed E-state index contributed by atoms with van der Waals surface area (Å²) in [5.41, 5.74) is 3.36. The average Bonchev–Trinajstić information content (AvgIpc) is 2.14. The number of hydrogen-bond donors (Lipinski definition) is 1. The number of carbonyl (C=O) groups is 1. The van der Waals surface area contributed by atoms with Crippen LogP contribution in [0.2, 0.25) is 0 Å². The zero-order valence-corrected chi connectivity index (χ0v) is 5.64. The number of amides is 1. The molecule has 0 bridgehead atoms. The fourth-order valence-electron chi connectivity index (χ4n) is 0.711. The van der Waals surface area contributed by atoms with Crippen molar-refractivity contribution in [3.8, 4) is 0 Å². The molecule has 0 saturated heterocycles. The highest BCUT2D eigenvalue weighted by atomic mass is 16.2. The summed E-state index contributed by atoms with van der Waals surface area (Å²) < 4.78 is 0. The van der Waals surface area contributed by atoms with Crippen molar-refractivity contribution >= 4 is 11.6 Å². The molecule has 1 aliphatic rings. The van der Waals surface area contributed by atoms with Crippen LogP contribution < -0.4 is 5.43 Å². The van der Waals surface area contributed by atoms with Gasteiger partial charge in [0.05, 0.1) is 12.1 Å². The summed E-state index contributed by atoms with van der Waals surface area (Å²) in [5.74, 6) is 0.405. The lowest BCUT2D eigenvalue weighted by Crippen LogP contribution is -2.10. The van der Waals surface area contributed by atoms with Crippen LogP contribution in [0.3, 0.4) is 0 Å². The van der Waals surface area contributed by atoms with Gasteiger partial charge in [-0.2, -0.15) is 5.10 Å². The SMILES string of the molecule is CC(C)C1=NNC(=O)C1. The predicted molar refractivity (Wildman–Crippen MR) is 35.0 cm³/mol. The summed E-state index contributed by atoms with van der Waals surface area (Å²) in [6, 6.07) is 0. The maximum Gasteiger partial charge on any atom is 0.245 e. The van der Waals surface area contributed by atoms with E-state index in [-0.39, 0.29) is 5.91 Å². The van der Waals surface area contributed by atoms with Gasteiger partial charge >= 0.3 is 0 Å². The van der Waals surface area contributed by atoms with E-state index in [4.69, 9.17) is 0 Å². The number of hydrogen-bond acceptors (Lipinski definition) is 2. The van der Waals surface area contributed by atoms with Gasteiger partial charge in [-0.15, -0.1) is 0 Å². The fourth-order valence-corrected chi connectivity index (χ4v) is 0.711. The molecule has 0 saturated carbocycles. The molecule has 0 spiro atoms. The first-order chi connectivity index (χ1) is 4.20. The van der Waals surface area contributed by atoms with E-state index in [1.165, 1.54) is 0 Å². The highest BCUT2D eigenvalue weighted by Gasteiger charge is 2.16. The van der Waals surface area contributed by atoms with Gasteiger partial charge in [-0.1, -0.05) is 13.8 Å². The number of rotatable bonds is 1. The Morgan fingerprint density at radius 1 is 1.67 bits per heavy atom. The third-order valence-corrected chi connectivity index (χ3v) is 1.33. The van der Waals surface area contributed by atoms with Gasteiger partial charge in [0.2, 0.25) is 5.91 Å². The van der Waals surface area contributed by atoms with Crippen LogP contribution in [0.5, 0.6) is 0 Å². The highest BCUT2D eigenvalue weighted by Crippen LogP contribution is 2.04. The molecule has 1 aliphatic heterocycles. The van der Waals surface area contributed by atoms with Crippen molar-refractivity contribution in [1.29, 1.82) is 0 Å². The van der Waals surface area contributed by atoms with E-state index in [0.29, 0.717) is 12.3 Å². The second-order valence-corrected chi connectivity index (χ2v) is 2.47. The maximum absolute atomic E-state index is 10.5. The van der Waals surface area contributed by atoms with Crippen molar-refractivity contribution in [3.63, 3.8) is 0 Å². The summed E-state index contributed by atoms with van der Waals surface area (Å²) in [6.07, 6.45) is 0.484. The molecule has 50 valence electrons. The number of nitrogens with zero attached hydrogens (tertiary/aromatic N) is 1. The lowest BCUT2D eigenvalue weighted by atomic mass is 10.1. The molecule has 1 heterocycles. The zero-order chi connectivity index (χ0) is 6.85. The lowest BCUT2D eigenvalue weighted by molar-refractivity contribution is -0.119. The smallest absolute Gasteiger partial charge is 0.245 e. The first-order valence-electron chi connectivity index (χ1n) is 3.05. The molecule has 0 aromatic rings. The van der Waals surface area contributed by atoms with Crippen LogP contribution in [0.1, 0.15) is 20.3 Å². The first-order valence-corrected chi connectivity index (χ1v) is 3.05. The molecular weight excluding hydrogens is 116 g/mol. The van der Waals surface area contributed by atoms with E-state index in [1.54, 1.807) is 0 Å². The van der Waals surface area contributed by atoms with Gasteiger partial charge in [-0.05, 0) is 5.92 Å². The fraction of sp³-hybridized carbons (Fsp3) is 0.667. The van der Waals surface area contributed by atoms with Crippen LogP contribution in [0.15, 0.2) is 5.10 Å². The van der Waals surface area contributed by atoms with Gasteiger partial charge in [-0.25, -0.2) is 5.43 Å². The molecule has 1 amide bonds. The number of hydrazone groups is 1. The molecule has 0 fully saturated rings. The van der Waals surface area contributed by atoms with Gasteiger partial charge in [0, 0.05) is 0 Å². The second-order valence-electron chi connectivity index (χ2n) is 2.47. The average molecular weight is 126 g/mol. The topological polar surface area (TPSA) is 41.5 Å². The Kier molecular flexibility index (Phi) is 1.51. The Hall–Kier alpha value is -0.860. The summed E-state index contributed by atoms with van der Waals surface area (Å²) in [7, 11) is 0. The molecule has 3 nitrogen and oxygen atoms in total. The van der Waals surface area contributed by atoms with Crippen molar-refractivity contribution in [2.24, 2.45) is 11.0 Å². The van der Waals surface area contributed by atoms with Crippen molar-refractivity contribution in [1.82, 2.24) is 5.43 Å². The van der Waals surface area contributed by atoms with Crippen LogP contribution in [0, 0.1) is 5.92 Å². The van der Waals surface area contributed by atoms with E-state index < -0.39 is 0 Å². The molecule has 0 aromatic heterocycles. The summed E-state index contributed by atoms with van der Waals surface area (Å²) in [4.78, 5) is 10.5. The van der Waals surface area contributed by atoms with Gasteiger partial charge in [-0.3, -0.25) is 4.79 Å². The third kappa shape index (κ3) is 1.28. The van der Waals surface area contributed by atoms with Crippen molar-refractivity contribution in [3.05, 3.63) is 0 Å². The molecule has 1 N–H and O–H groups in total. The van der Waals surface area contributed by atoms with Crippen LogP contribution in [-0.4, -0.2) is 11.6 Å². The van der Waals surface area contributed by atoms with Gasteiger partial charge in [0.25, 0.3) is 0 Å². The highest BCUT2D eigenvalue weighted by molar-refractivity contribution is 6.05. The molecule has 0 aromatic carbocycles. The molecule has 1 rings (SSSR count). The Bertz CT molecular complexity index is 160. The van der Waals surface area contributed by atoms with E-state index in [9.17, 15) is 4.79 Å². The minimum absolute atomic E-state index is 0.0127. The van der Waals surface area contributed by atoms with Crippen LogP contribution in [-0.2, 0) is 4.79 Å². The van der Waals surface area contributed by atoms with Gasteiger partial charge in [0.1, 0.15) is 0 Å². The van der Waals surface area contributed by atoms with Crippen molar-refractivity contribution in [2.45, 2.75) is 20.3 Å². The molecule has 0 aliphatic carbocycles. The zero-order valence-electron chi connectivity index (χ0n) is 5.64. The number of nitrogens with one attached hydrogen (secondary N) is 1. The Balaban J connectivity index is 2.55. The predicted octanol–water partition coefficient (Wildman–Crippen LogP) is 0.518. The Morgan fingerprint density at radius 2 is 2.33 bits per heavy atom. The molecular formula is C6H10N2O. The molecule has 3 heteroatoms. The van der Waals surface area contributed by atoms with E-state index >= 15 is 0 Å². The third-order valence-electron chi connectivity index (χ3n) is 1.33. The second kappa shape index (κ2) is 2.17. The maximum atomic E-state index is 10.5. The number of carbonyl (C=O) groups excluding carboxylic acids is 1. The lowest BCUT2D eigenvalue weighted by Gasteiger charge is -1.97. The van der Waals surface area contributed by atoms with Gasteiger partial charge < -0.3 is 0 Å². The molecule has 0 unspecified atom stereocenters. The monoisotopic (exact) mass is 126 g/mol.